The van der Waals surface area contributed by atoms with E-state index in [1.54, 1.807) is 19.1 Å². The number of benzene rings is 2. The lowest BCUT2D eigenvalue weighted by Gasteiger charge is -2.13. The van der Waals surface area contributed by atoms with Gasteiger partial charge >= 0.3 is 0 Å². The third-order valence-electron chi connectivity index (χ3n) is 5.09. The molecule has 0 spiro atoms. The van der Waals surface area contributed by atoms with Crippen LogP contribution in [-0.4, -0.2) is 27.5 Å². The van der Waals surface area contributed by atoms with E-state index in [2.05, 4.69) is 15.2 Å². The van der Waals surface area contributed by atoms with Gasteiger partial charge in [0, 0.05) is 12.6 Å². The molecule has 7 heteroatoms. The van der Waals surface area contributed by atoms with Crippen LogP contribution in [0.25, 0.3) is 10.9 Å². The maximum Gasteiger partial charge on any atom is 0.282 e. The zero-order valence-corrected chi connectivity index (χ0v) is 17.2. The fourth-order valence-electron chi connectivity index (χ4n) is 3.43. The Balaban J connectivity index is 1.69. The van der Waals surface area contributed by atoms with Crippen molar-refractivity contribution >= 4 is 34.4 Å². The summed E-state index contributed by atoms with van der Waals surface area (Å²) in [5, 5.41) is 10.7. The van der Waals surface area contributed by atoms with E-state index >= 15 is 0 Å². The molecule has 1 amide bonds. The van der Waals surface area contributed by atoms with Gasteiger partial charge in [-0.05, 0) is 44.5 Å². The van der Waals surface area contributed by atoms with Crippen LogP contribution in [0.5, 0.6) is 0 Å². The van der Waals surface area contributed by atoms with Crippen LogP contribution in [-0.2, 0) is 11.2 Å². The summed E-state index contributed by atoms with van der Waals surface area (Å²) in [6, 6.07) is 14.8. The number of nitrogens with zero attached hydrogens (tertiary/aromatic N) is 5. The molecule has 2 aromatic carbocycles. The Morgan fingerprint density at radius 3 is 2.53 bits per heavy atom. The Bertz CT molecular complexity index is 1220. The molecule has 30 heavy (non-hydrogen) atoms. The fraction of sp³-hybridized carbons (Fsp3) is 0.261. The van der Waals surface area contributed by atoms with Gasteiger partial charge in [-0.1, -0.05) is 36.8 Å². The number of hydrogen-bond acceptors (Lipinski definition) is 5. The monoisotopic (exact) mass is 401 g/mol. The second-order valence-corrected chi connectivity index (χ2v) is 7.38. The Morgan fingerprint density at radius 2 is 1.80 bits per heavy atom. The number of amides is 1. The lowest BCUT2D eigenvalue weighted by molar-refractivity contribution is -0.118. The lowest BCUT2D eigenvalue weighted by Crippen LogP contribution is -2.29. The van der Waals surface area contributed by atoms with Gasteiger partial charge in [-0.3, -0.25) is 9.59 Å². The first kappa shape index (κ1) is 19.7. The largest absolute Gasteiger partial charge is 0.282 e. The van der Waals surface area contributed by atoms with Gasteiger partial charge in [0.1, 0.15) is 11.7 Å². The van der Waals surface area contributed by atoms with Crippen LogP contribution in [0.3, 0.4) is 0 Å². The minimum atomic E-state index is -0.626. The third kappa shape index (κ3) is 3.54. The molecule has 0 aliphatic carbocycles. The van der Waals surface area contributed by atoms with Gasteiger partial charge in [0.05, 0.1) is 22.3 Å². The molecule has 2 heterocycles. The van der Waals surface area contributed by atoms with E-state index < -0.39 is 5.92 Å². The van der Waals surface area contributed by atoms with E-state index in [0.29, 0.717) is 34.5 Å². The van der Waals surface area contributed by atoms with Crippen molar-refractivity contribution < 1.29 is 4.79 Å². The van der Waals surface area contributed by atoms with Crippen molar-refractivity contribution in [1.82, 2.24) is 9.66 Å². The summed E-state index contributed by atoms with van der Waals surface area (Å²) in [6.07, 6.45) is 2.93. The molecular weight excluding hydrogens is 378 g/mol. The van der Waals surface area contributed by atoms with Crippen molar-refractivity contribution in [1.29, 1.82) is 0 Å². The van der Waals surface area contributed by atoms with Gasteiger partial charge in [0.2, 0.25) is 0 Å². The van der Waals surface area contributed by atoms with Crippen molar-refractivity contribution in [2.24, 2.45) is 16.1 Å². The zero-order valence-electron chi connectivity index (χ0n) is 17.2. The topological polar surface area (TPSA) is 79.9 Å². The molecule has 0 fully saturated rings. The summed E-state index contributed by atoms with van der Waals surface area (Å²) in [5.41, 5.74) is 2.85. The molecule has 1 aromatic heterocycles. The van der Waals surface area contributed by atoms with Crippen LogP contribution < -0.4 is 10.6 Å². The van der Waals surface area contributed by atoms with Crippen LogP contribution in [0.2, 0.25) is 0 Å². The van der Waals surface area contributed by atoms with Gasteiger partial charge in [0.15, 0.2) is 0 Å². The molecule has 7 nitrogen and oxygen atoms in total. The van der Waals surface area contributed by atoms with Crippen LogP contribution in [0.4, 0.5) is 5.69 Å². The lowest BCUT2D eigenvalue weighted by atomic mass is 10.1. The number of carbonyl (C=O) groups is 1. The average Bonchev–Trinajstić information content (AvgIpc) is 3.02. The molecule has 0 N–H and O–H groups in total. The number of para-hydroxylation sites is 1. The summed E-state index contributed by atoms with van der Waals surface area (Å²) in [7, 11) is 0. The molecule has 0 bridgehead atoms. The number of anilines is 1. The van der Waals surface area contributed by atoms with Crippen LogP contribution in [0.1, 0.15) is 31.7 Å². The van der Waals surface area contributed by atoms with Gasteiger partial charge in [-0.15, -0.1) is 0 Å². The zero-order chi connectivity index (χ0) is 21.3. The highest BCUT2D eigenvalue weighted by atomic mass is 16.2. The number of rotatable bonds is 5. The number of carbonyl (C=O) groups excluding carboxylic acids is 1. The molecule has 152 valence electrons. The van der Waals surface area contributed by atoms with E-state index in [0.717, 1.165) is 12.0 Å². The van der Waals surface area contributed by atoms with Gasteiger partial charge < -0.3 is 0 Å². The van der Waals surface area contributed by atoms with E-state index in [-0.39, 0.29) is 11.5 Å². The minimum absolute atomic E-state index is 0.195. The summed E-state index contributed by atoms with van der Waals surface area (Å²) >= 11 is 0. The molecule has 1 atom stereocenters. The molecule has 1 aliphatic rings. The molecule has 3 aromatic rings. The van der Waals surface area contributed by atoms with E-state index in [4.69, 9.17) is 0 Å². The Hall–Kier alpha value is -3.61. The highest BCUT2D eigenvalue weighted by Gasteiger charge is 2.33. The number of hydrogen-bond donors (Lipinski definition) is 0. The second-order valence-electron chi connectivity index (χ2n) is 7.38. The first-order valence-corrected chi connectivity index (χ1v) is 10.0. The van der Waals surface area contributed by atoms with Crippen molar-refractivity contribution in [2.45, 2.75) is 33.6 Å². The van der Waals surface area contributed by atoms with Crippen molar-refractivity contribution in [2.75, 3.05) is 5.01 Å². The normalized spacial score (nSPS) is 16.6. The smallest absolute Gasteiger partial charge is 0.271 e. The molecule has 0 saturated carbocycles. The predicted molar refractivity (Wildman–Crippen MR) is 119 cm³/mol. The Labute approximate surface area is 174 Å². The number of hydrazone groups is 1. The van der Waals surface area contributed by atoms with Crippen LogP contribution in [0.15, 0.2) is 63.5 Å². The molecular formula is C23H23N5O2. The average molecular weight is 401 g/mol. The number of aryl methyl sites for hydroxylation is 2. The van der Waals surface area contributed by atoms with Crippen molar-refractivity contribution in [3.05, 3.63) is 70.3 Å². The molecule has 1 aliphatic heterocycles. The van der Waals surface area contributed by atoms with Crippen LogP contribution in [0, 0.1) is 12.8 Å². The first-order chi connectivity index (χ1) is 14.5. The van der Waals surface area contributed by atoms with E-state index in [9.17, 15) is 9.59 Å². The molecule has 0 unspecified atom stereocenters. The highest BCUT2D eigenvalue weighted by molar-refractivity contribution is 6.23. The minimum Gasteiger partial charge on any atom is -0.271 e. The van der Waals surface area contributed by atoms with Gasteiger partial charge in [-0.25, -0.2) is 4.98 Å². The standard InChI is InChI=1S/C23H23N5O2/c1-4-7-21-25-20-9-6-5-8-18(20)22(29)28(21)24-14-19-16(3)26-27(23(19)30)17-12-10-15(2)11-13-17/h5-6,8-14,19H,4,7H2,1-3H3/t19-/m0/s1. The predicted octanol–water partition coefficient (Wildman–Crippen LogP) is 3.53. The highest BCUT2D eigenvalue weighted by Crippen LogP contribution is 2.23. The molecule has 0 radical (unpaired) electrons. The molecule has 4 rings (SSSR count). The Morgan fingerprint density at radius 1 is 1.07 bits per heavy atom. The summed E-state index contributed by atoms with van der Waals surface area (Å²) in [5.74, 6) is -0.244. The van der Waals surface area contributed by atoms with E-state index in [1.807, 2.05) is 50.2 Å². The van der Waals surface area contributed by atoms with E-state index in [1.165, 1.54) is 15.9 Å². The van der Waals surface area contributed by atoms with Crippen molar-refractivity contribution in [3.63, 3.8) is 0 Å². The maximum atomic E-state index is 13.0. The third-order valence-corrected chi connectivity index (χ3v) is 5.09. The van der Waals surface area contributed by atoms with Gasteiger partial charge in [-0.2, -0.15) is 19.9 Å². The number of fused-ring (bicyclic) bond motifs is 1. The summed E-state index contributed by atoms with van der Waals surface area (Å²) < 4.78 is 1.31. The quantitative estimate of drug-likeness (QED) is 0.614. The van der Waals surface area contributed by atoms with Gasteiger partial charge in [0.25, 0.3) is 11.5 Å². The fourth-order valence-corrected chi connectivity index (χ4v) is 3.43. The first-order valence-electron chi connectivity index (χ1n) is 10.0. The molecule has 0 saturated heterocycles. The van der Waals surface area contributed by atoms with Crippen LogP contribution >= 0.6 is 0 Å². The van der Waals surface area contributed by atoms with Crippen molar-refractivity contribution in [3.8, 4) is 0 Å². The SMILES string of the molecule is CCCc1nc2ccccc2c(=O)n1N=C[C@@H]1C(=O)N(c2ccc(C)cc2)N=C1C. The second kappa shape index (κ2) is 8.02. The maximum absolute atomic E-state index is 13.0. The summed E-state index contributed by atoms with van der Waals surface area (Å²) in [6.45, 7) is 5.80. The Kier molecular flexibility index (Phi) is 5.27. The summed E-state index contributed by atoms with van der Waals surface area (Å²) in [4.78, 5) is 30.5. The number of aromatic nitrogens is 2.